The second kappa shape index (κ2) is 3.74. The highest BCUT2D eigenvalue weighted by molar-refractivity contribution is 6.24. The average molecular weight is 268 g/mol. The van der Waals surface area contributed by atoms with Gasteiger partial charge in [-0.05, 0) is 11.1 Å². The molecule has 0 heterocycles. The van der Waals surface area contributed by atoms with E-state index in [1.165, 1.54) is 0 Å². The van der Waals surface area contributed by atoms with Crippen LogP contribution in [0.1, 0.15) is 20.7 Å². The van der Waals surface area contributed by atoms with Gasteiger partial charge in [0, 0.05) is 11.1 Å². The molecular formula is C14H12N4O2. The lowest BCUT2D eigenvalue weighted by Crippen LogP contribution is -2.24. The summed E-state index contributed by atoms with van der Waals surface area (Å²) < 4.78 is 0. The van der Waals surface area contributed by atoms with Crippen LogP contribution in [-0.2, 0) is 0 Å². The summed E-state index contributed by atoms with van der Waals surface area (Å²) in [5.74, 6) is -1.37. The Hall–Kier alpha value is -3.02. The van der Waals surface area contributed by atoms with Crippen molar-refractivity contribution in [3.63, 3.8) is 0 Å². The highest BCUT2D eigenvalue weighted by Gasteiger charge is 2.35. The van der Waals surface area contributed by atoms with Crippen molar-refractivity contribution in [3.05, 3.63) is 35.4 Å². The van der Waals surface area contributed by atoms with E-state index in [1.54, 1.807) is 0 Å². The van der Waals surface area contributed by atoms with E-state index >= 15 is 0 Å². The Morgan fingerprint density at radius 3 is 1.40 bits per heavy atom. The molecule has 0 fully saturated rings. The van der Waals surface area contributed by atoms with E-state index in [0.29, 0.717) is 11.1 Å². The molecule has 0 aromatic heterocycles. The third-order valence-electron chi connectivity index (χ3n) is 3.54. The number of amides is 2. The molecule has 0 aliphatic heterocycles. The van der Waals surface area contributed by atoms with Crippen molar-refractivity contribution >= 4 is 23.2 Å². The van der Waals surface area contributed by atoms with Crippen molar-refractivity contribution in [2.24, 2.45) is 11.5 Å². The zero-order valence-corrected chi connectivity index (χ0v) is 10.4. The molecule has 2 aromatic rings. The number of hydrogen-bond donors (Lipinski definition) is 4. The Labute approximate surface area is 114 Å². The Kier molecular flexibility index (Phi) is 2.25. The average Bonchev–Trinajstić information content (AvgIpc) is 2.38. The van der Waals surface area contributed by atoms with E-state index in [-0.39, 0.29) is 22.5 Å². The molecule has 100 valence electrons. The van der Waals surface area contributed by atoms with E-state index in [4.69, 9.17) is 22.9 Å². The number of fused-ring (bicyclic) bond motifs is 4. The minimum absolute atomic E-state index is 0.000414. The molecule has 0 atom stereocenters. The topological polar surface area (TPSA) is 138 Å². The first-order valence-electron chi connectivity index (χ1n) is 5.89. The summed E-state index contributed by atoms with van der Waals surface area (Å²) in [6, 6.07) is 7.29. The van der Waals surface area contributed by atoms with E-state index in [9.17, 15) is 9.59 Å². The smallest absolute Gasteiger partial charge is 0.251 e. The maximum atomic E-state index is 11.6. The van der Waals surface area contributed by atoms with Gasteiger partial charge in [0.25, 0.3) is 11.8 Å². The van der Waals surface area contributed by atoms with Crippen LogP contribution in [0.4, 0.5) is 11.4 Å². The molecule has 6 nitrogen and oxygen atoms in total. The number of primary amides is 2. The number of carbonyl (C=O) groups excluding carboxylic acids is 2. The fourth-order valence-corrected chi connectivity index (χ4v) is 2.70. The first-order chi connectivity index (χ1) is 9.45. The number of hydrogen-bond acceptors (Lipinski definition) is 4. The van der Waals surface area contributed by atoms with E-state index in [1.807, 2.05) is 24.3 Å². The van der Waals surface area contributed by atoms with Gasteiger partial charge in [-0.15, -0.1) is 0 Å². The standard InChI is InChI=1S/C14H12N4O2/c15-11-9(13(17)19)7-5-3-1-2-4-6(5)8(7)10(12(11)16)14(18)20/h1-4H,15-16H2,(H2,17,19)(H2,18,20). The molecule has 1 aliphatic rings. The molecule has 0 unspecified atom stereocenters. The van der Waals surface area contributed by atoms with Gasteiger partial charge in [0.2, 0.25) is 0 Å². The van der Waals surface area contributed by atoms with Crippen LogP contribution < -0.4 is 22.9 Å². The monoisotopic (exact) mass is 268 g/mol. The molecule has 8 N–H and O–H groups in total. The Balaban J connectivity index is 2.47. The Bertz CT molecular complexity index is 730. The van der Waals surface area contributed by atoms with Crippen molar-refractivity contribution in [3.8, 4) is 22.3 Å². The number of carbonyl (C=O) groups is 2. The summed E-state index contributed by atoms with van der Waals surface area (Å²) in [6.07, 6.45) is 0. The molecule has 0 radical (unpaired) electrons. The Morgan fingerprint density at radius 2 is 1.10 bits per heavy atom. The molecule has 0 bridgehead atoms. The minimum Gasteiger partial charge on any atom is -0.396 e. The van der Waals surface area contributed by atoms with Crippen LogP contribution in [0.15, 0.2) is 24.3 Å². The largest absolute Gasteiger partial charge is 0.396 e. The second-order valence-corrected chi connectivity index (χ2v) is 4.60. The molecule has 3 rings (SSSR count). The van der Waals surface area contributed by atoms with Crippen LogP contribution in [0.25, 0.3) is 22.3 Å². The fraction of sp³-hybridized carbons (Fsp3) is 0. The lowest BCUT2D eigenvalue weighted by molar-refractivity contribution is 0.0990. The van der Waals surface area contributed by atoms with Crippen LogP contribution in [0, 0.1) is 0 Å². The summed E-state index contributed by atoms with van der Waals surface area (Å²) in [6.45, 7) is 0. The van der Waals surface area contributed by atoms with Crippen molar-refractivity contribution < 1.29 is 9.59 Å². The molecule has 1 aliphatic carbocycles. The van der Waals surface area contributed by atoms with Gasteiger partial charge in [0.15, 0.2) is 0 Å². The minimum atomic E-state index is -0.684. The van der Waals surface area contributed by atoms with Gasteiger partial charge >= 0.3 is 0 Å². The molecule has 2 amide bonds. The van der Waals surface area contributed by atoms with Crippen LogP contribution in [0.3, 0.4) is 0 Å². The third-order valence-corrected chi connectivity index (χ3v) is 3.54. The van der Waals surface area contributed by atoms with E-state index < -0.39 is 11.8 Å². The zero-order chi connectivity index (χ0) is 14.6. The predicted octanol–water partition coefficient (Wildman–Crippen LogP) is 0.696. The van der Waals surface area contributed by atoms with Crippen molar-refractivity contribution in [2.45, 2.75) is 0 Å². The number of benzene rings is 2. The van der Waals surface area contributed by atoms with Gasteiger partial charge in [0.05, 0.1) is 22.5 Å². The van der Waals surface area contributed by atoms with Crippen molar-refractivity contribution in [1.82, 2.24) is 0 Å². The molecule has 0 saturated carbocycles. The quantitative estimate of drug-likeness (QED) is 0.508. The maximum absolute atomic E-state index is 11.6. The molecule has 2 aromatic carbocycles. The summed E-state index contributed by atoms with van der Waals surface area (Å²) in [5, 5.41) is 0. The van der Waals surface area contributed by atoms with Gasteiger partial charge in [0.1, 0.15) is 0 Å². The molecule has 6 heteroatoms. The van der Waals surface area contributed by atoms with E-state index in [2.05, 4.69) is 0 Å². The lowest BCUT2D eigenvalue weighted by Gasteiger charge is -2.30. The van der Waals surface area contributed by atoms with Crippen molar-refractivity contribution in [1.29, 1.82) is 0 Å². The summed E-state index contributed by atoms with van der Waals surface area (Å²) >= 11 is 0. The van der Waals surface area contributed by atoms with Gasteiger partial charge in [-0.1, -0.05) is 24.3 Å². The molecular weight excluding hydrogens is 256 g/mol. The Morgan fingerprint density at radius 1 is 0.750 bits per heavy atom. The third kappa shape index (κ3) is 1.27. The zero-order valence-electron chi connectivity index (χ0n) is 10.4. The highest BCUT2D eigenvalue weighted by Crippen LogP contribution is 2.54. The first kappa shape index (κ1) is 12.0. The first-order valence-corrected chi connectivity index (χ1v) is 5.89. The number of anilines is 2. The van der Waals surface area contributed by atoms with Crippen LogP contribution >= 0.6 is 0 Å². The SMILES string of the molecule is NC(=O)c1c(N)c(N)c(C(N)=O)c2c1-c1ccccc1-2. The summed E-state index contributed by atoms with van der Waals surface area (Å²) in [7, 11) is 0. The molecule has 20 heavy (non-hydrogen) atoms. The van der Waals surface area contributed by atoms with E-state index in [0.717, 1.165) is 11.1 Å². The van der Waals surface area contributed by atoms with Gasteiger partial charge in [-0.25, -0.2) is 0 Å². The molecule has 0 saturated heterocycles. The van der Waals surface area contributed by atoms with Crippen LogP contribution in [-0.4, -0.2) is 11.8 Å². The maximum Gasteiger partial charge on any atom is 0.251 e. The van der Waals surface area contributed by atoms with Crippen molar-refractivity contribution in [2.75, 3.05) is 11.5 Å². The number of rotatable bonds is 2. The van der Waals surface area contributed by atoms with Gasteiger partial charge in [-0.3, -0.25) is 9.59 Å². The summed E-state index contributed by atoms with van der Waals surface area (Å²) in [5.41, 5.74) is 25.5. The molecule has 0 spiro atoms. The lowest BCUT2D eigenvalue weighted by atomic mass is 9.74. The number of nitrogens with two attached hydrogens (primary N) is 4. The fourth-order valence-electron chi connectivity index (χ4n) is 2.70. The summed E-state index contributed by atoms with van der Waals surface area (Å²) in [4.78, 5) is 23.3. The van der Waals surface area contributed by atoms with Crippen LogP contribution in [0.2, 0.25) is 0 Å². The van der Waals surface area contributed by atoms with Gasteiger partial charge in [-0.2, -0.15) is 0 Å². The number of nitrogen functional groups attached to an aromatic ring is 2. The van der Waals surface area contributed by atoms with Crippen LogP contribution in [0.5, 0.6) is 0 Å². The second-order valence-electron chi connectivity index (χ2n) is 4.60. The highest BCUT2D eigenvalue weighted by atomic mass is 16.1. The van der Waals surface area contributed by atoms with Gasteiger partial charge < -0.3 is 22.9 Å². The normalized spacial score (nSPS) is 11.2. The predicted molar refractivity (Wildman–Crippen MR) is 76.7 cm³/mol.